The van der Waals surface area contributed by atoms with Crippen LogP contribution in [0.3, 0.4) is 0 Å². The monoisotopic (exact) mass is 205 g/mol. The van der Waals surface area contributed by atoms with Gasteiger partial charge in [-0.15, -0.1) is 0 Å². The number of hydrogen-bond acceptors (Lipinski definition) is 3. The first-order valence-corrected chi connectivity index (χ1v) is 4.73. The molecule has 15 heavy (non-hydrogen) atoms. The molecule has 1 aromatic heterocycles. The summed E-state index contributed by atoms with van der Waals surface area (Å²) in [6, 6.07) is 3.41. The van der Waals surface area contributed by atoms with Gasteiger partial charge in [-0.1, -0.05) is 0 Å². The average molecular weight is 205 g/mol. The van der Waals surface area contributed by atoms with Crippen LogP contribution in [0.1, 0.15) is 24.1 Å². The van der Waals surface area contributed by atoms with E-state index in [2.05, 4.69) is 4.98 Å². The van der Waals surface area contributed by atoms with Crippen LogP contribution in [0, 0.1) is 6.92 Å². The van der Waals surface area contributed by atoms with E-state index in [0.717, 1.165) is 5.69 Å². The van der Waals surface area contributed by atoms with Crippen LogP contribution in [-0.4, -0.2) is 21.8 Å². The summed E-state index contributed by atoms with van der Waals surface area (Å²) in [7, 11) is 0. The minimum Gasteiger partial charge on any atom is -0.481 e. The van der Waals surface area contributed by atoms with Crippen molar-refractivity contribution in [3.63, 3.8) is 0 Å². The summed E-state index contributed by atoms with van der Waals surface area (Å²) >= 11 is 0. The summed E-state index contributed by atoms with van der Waals surface area (Å²) in [6.07, 6.45) is 1.79. The van der Waals surface area contributed by atoms with Crippen molar-refractivity contribution in [1.29, 1.82) is 0 Å². The third-order valence-electron chi connectivity index (χ3n) is 2.86. The van der Waals surface area contributed by atoms with Gasteiger partial charge in [0.15, 0.2) is 0 Å². The van der Waals surface area contributed by atoms with Gasteiger partial charge in [0.25, 0.3) is 0 Å². The number of nitrogens with zero attached hydrogens (tertiary/aromatic N) is 1. The second-order valence-electron chi connectivity index (χ2n) is 3.97. The Balaban J connectivity index is 2.43. The molecule has 78 valence electrons. The van der Waals surface area contributed by atoms with Crippen molar-refractivity contribution in [2.24, 2.45) is 0 Å². The highest BCUT2D eigenvalue weighted by atomic mass is 16.4. The minimum atomic E-state index is -0.995. The van der Waals surface area contributed by atoms with Crippen LogP contribution < -0.4 is 0 Å². The maximum Gasteiger partial charge on any atom is 0.315 e. The molecule has 1 fully saturated rings. The van der Waals surface area contributed by atoms with Crippen LogP contribution in [0.4, 0.5) is 0 Å². The predicted octanol–water partition coefficient (Wildman–Crippen LogP) is 1.08. The molecule has 0 amide bonds. The SMILES string of the molecule is Cc1cc(C2(C(=O)O)CC(=O)C2)ccn1. The normalized spacial score (nSPS) is 18.3. The zero-order valence-electron chi connectivity index (χ0n) is 8.36. The van der Waals surface area contributed by atoms with E-state index in [1.165, 1.54) is 0 Å². The molecular weight excluding hydrogens is 194 g/mol. The highest BCUT2D eigenvalue weighted by Crippen LogP contribution is 2.41. The molecule has 4 nitrogen and oxygen atoms in total. The lowest BCUT2D eigenvalue weighted by Gasteiger charge is -2.36. The molecule has 0 spiro atoms. The predicted molar refractivity (Wildman–Crippen MR) is 52.5 cm³/mol. The number of carbonyl (C=O) groups is 2. The van der Waals surface area contributed by atoms with Crippen LogP contribution in [0.2, 0.25) is 0 Å². The number of pyridine rings is 1. The molecular formula is C11H11NO3. The fourth-order valence-electron chi connectivity index (χ4n) is 1.94. The molecule has 2 rings (SSSR count). The lowest BCUT2D eigenvalue weighted by atomic mass is 9.64. The number of aromatic nitrogens is 1. The number of carboxylic acid groups (broad SMARTS) is 1. The molecule has 1 aromatic rings. The first kappa shape index (κ1) is 9.83. The summed E-state index contributed by atoms with van der Waals surface area (Å²) < 4.78 is 0. The lowest BCUT2D eigenvalue weighted by Crippen LogP contribution is -2.48. The summed E-state index contributed by atoms with van der Waals surface area (Å²) in [5.41, 5.74) is 0.458. The molecule has 1 N–H and O–H groups in total. The lowest BCUT2D eigenvalue weighted by molar-refractivity contribution is -0.153. The smallest absolute Gasteiger partial charge is 0.315 e. The quantitative estimate of drug-likeness (QED) is 0.784. The van der Waals surface area contributed by atoms with Crippen molar-refractivity contribution in [1.82, 2.24) is 4.98 Å². The molecule has 1 aliphatic rings. The van der Waals surface area contributed by atoms with E-state index in [1.54, 1.807) is 25.3 Å². The topological polar surface area (TPSA) is 67.3 Å². The van der Waals surface area contributed by atoms with Crippen molar-refractivity contribution in [2.75, 3.05) is 0 Å². The Morgan fingerprint density at radius 3 is 2.67 bits per heavy atom. The van der Waals surface area contributed by atoms with Gasteiger partial charge in [-0.25, -0.2) is 0 Å². The number of carbonyl (C=O) groups excluding carboxylic acids is 1. The molecule has 0 aliphatic heterocycles. The number of ketones is 1. The third kappa shape index (κ3) is 1.42. The minimum absolute atomic E-state index is 0.00636. The Morgan fingerprint density at radius 2 is 2.20 bits per heavy atom. The van der Waals surface area contributed by atoms with E-state index in [0.29, 0.717) is 5.56 Å². The van der Waals surface area contributed by atoms with E-state index in [4.69, 9.17) is 0 Å². The van der Waals surface area contributed by atoms with Crippen LogP contribution in [0.25, 0.3) is 0 Å². The molecule has 0 bridgehead atoms. The van der Waals surface area contributed by atoms with E-state index in [1.807, 2.05) is 0 Å². The Bertz CT molecular complexity index is 431. The van der Waals surface area contributed by atoms with E-state index >= 15 is 0 Å². The number of aliphatic carboxylic acids is 1. The molecule has 1 aliphatic carbocycles. The van der Waals surface area contributed by atoms with Crippen LogP contribution in [0.15, 0.2) is 18.3 Å². The van der Waals surface area contributed by atoms with Gasteiger partial charge in [-0.2, -0.15) is 0 Å². The zero-order valence-corrected chi connectivity index (χ0v) is 8.36. The number of Topliss-reactive ketones (excluding diaryl/α,β-unsaturated/α-hetero) is 1. The molecule has 0 atom stereocenters. The molecule has 0 unspecified atom stereocenters. The number of aryl methyl sites for hydroxylation is 1. The fourth-order valence-corrected chi connectivity index (χ4v) is 1.94. The largest absolute Gasteiger partial charge is 0.481 e. The zero-order chi connectivity index (χ0) is 11.1. The molecule has 0 saturated heterocycles. The van der Waals surface area contributed by atoms with Crippen molar-refractivity contribution in [3.8, 4) is 0 Å². The van der Waals surface area contributed by atoms with E-state index in [-0.39, 0.29) is 18.6 Å². The van der Waals surface area contributed by atoms with Gasteiger partial charge < -0.3 is 5.11 Å². The standard InChI is InChI=1S/C11H11NO3/c1-7-4-8(2-3-12-7)11(10(14)15)5-9(13)6-11/h2-4H,5-6H2,1H3,(H,14,15). The van der Waals surface area contributed by atoms with Crippen LogP contribution >= 0.6 is 0 Å². The highest BCUT2D eigenvalue weighted by molar-refractivity contribution is 6.01. The Labute approximate surface area is 87.0 Å². The summed E-state index contributed by atoms with van der Waals surface area (Å²) in [5.74, 6) is -0.917. The first-order chi connectivity index (χ1) is 7.04. The Morgan fingerprint density at radius 1 is 1.53 bits per heavy atom. The van der Waals surface area contributed by atoms with Gasteiger partial charge in [0.2, 0.25) is 0 Å². The van der Waals surface area contributed by atoms with Crippen LogP contribution in [0.5, 0.6) is 0 Å². The van der Waals surface area contributed by atoms with Crippen molar-refractivity contribution in [2.45, 2.75) is 25.2 Å². The number of hydrogen-bond donors (Lipinski definition) is 1. The molecule has 4 heteroatoms. The van der Waals surface area contributed by atoms with E-state index < -0.39 is 11.4 Å². The van der Waals surface area contributed by atoms with Gasteiger partial charge in [-0.3, -0.25) is 14.6 Å². The Hall–Kier alpha value is -1.71. The molecule has 1 heterocycles. The van der Waals surface area contributed by atoms with Gasteiger partial charge in [0.1, 0.15) is 11.2 Å². The summed E-state index contributed by atoms with van der Waals surface area (Å²) in [5, 5.41) is 9.17. The summed E-state index contributed by atoms with van der Waals surface area (Å²) in [4.78, 5) is 26.2. The van der Waals surface area contributed by atoms with Crippen molar-refractivity contribution < 1.29 is 14.7 Å². The average Bonchev–Trinajstić information content (AvgIpc) is 2.12. The van der Waals surface area contributed by atoms with Crippen LogP contribution in [-0.2, 0) is 15.0 Å². The molecule has 0 aromatic carbocycles. The third-order valence-corrected chi connectivity index (χ3v) is 2.86. The molecule has 0 radical (unpaired) electrons. The fraction of sp³-hybridized carbons (Fsp3) is 0.364. The molecule has 1 saturated carbocycles. The van der Waals surface area contributed by atoms with Gasteiger partial charge in [0, 0.05) is 24.7 Å². The van der Waals surface area contributed by atoms with Gasteiger partial charge in [0.05, 0.1) is 0 Å². The summed E-state index contributed by atoms with van der Waals surface area (Å²) in [6.45, 7) is 1.81. The maximum absolute atomic E-state index is 11.2. The number of rotatable bonds is 2. The van der Waals surface area contributed by atoms with Gasteiger partial charge >= 0.3 is 5.97 Å². The maximum atomic E-state index is 11.2. The Kier molecular flexibility index (Phi) is 2.07. The van der Waals surface area contributed by atoms with Gasteiger partial charge in [-0.05, 0) is 24.6 Å². The first-order valence-electron chi connectivity index (χ1n) is 4.73. The second-order valence-corrected chi connectivity index (χ2v) is 3.97. The van der Waals surface area contributed by atoms with Crippen molar-refractivity contribution >= 4 is 11.8 Å². The highest BCUT2D eigenvalue weighted by Gasteiger charge is 2.51. The van der Waals surface area contributed by atoms with Crippen molar-refractivity contribution in [3.05, 3.63) is 29.6 Å². The number of carboxylic acids is 1. The van der Waals surface area contributed by atoms with E-state index in [9.17, 15) is 14.7 Å². The second kappa shape index (κ2) is 3.15.